The smallest absolute Gasteiger partial charge is 0.243 e. The summed E-state index contributed by atoms with van der Waals surface area (Å²) >= 11 is 1.24. The maximum absolute atomic E-state index is 13.4. The summed E-state index contributed by atoms with van der Waals surface area (Å²) in [6, 6.07) is 2.25. The van der Waals surface area contributed by atoms with Gasteiger partial charge in [0.05, 0.1) is 17.1 Å². The van der Waals surface area contributed by atoms with E-state index in [1.165, 1.54) is 15.6 Å². The number of thiazole rings is 1. The number of rotatable bonds is 4. The van der Waals surface area contributed by atoms with Crippen molar-refractivity contribution in [3.05, 3.63) is 40.4 Å². The molecule has 1 aromatic carbocycles. The number of halogens is 2. The molecule has 1 aromatic heterocycles. The summed E-state index contributed by atoms with van der Waals surface area (Å²) in [6.45, 7) is 0.222. The van der Waals surface area contributed by atoms with Crippen molar-refractivity contribution in [3.63, 3.8) is 0 Å². The molecular formula is C17H17F2N3O3S2. The summed E-state index contributed by atoms with van der Waals surface area (Å²) in [5, 5.41) is 3.27. The number of sulfonamides is 1. The molecular weight excluding hydrogens is 396 g/mol. The molecule has 1 aliphatic heterocycles. The van der Waals surface area contributed by atoms with Crippen LogP contribution in [0.4, 0.5) is 13.9 Å². The van der Waals surface area contributed by atoms with Gasteiger partial charge in [0.15, 0.2) is 5.13 Å². The molecule has 1 amide bonds. The minimum atomic E-state index is -4.03. The molecule has 2 heterocycles. The van der Waals surface area contributed by atoms with Crippen molar-refractivity contribution < 1.29 is 22.0 Å². The zero-order valence-electron chi connectivity index (χ0n) is 14.2. The van der Waals surface area contributed by atoms with Gasteiger partial charge in [-0.3, -0.25) is 4.79 Å². The second-order valence-electron chi connectivity index (χ2n) is 6.70. The van der Waals surface area contributed by atoms with Crippen molar-refractivity contribution in [1.82, 2.24) is 9.29 Å². The molecule has 10 heteroatoms. The summed E-state index contributed by atoms with van der Waals surface area (Å²) in [6.07, 6.45) is 3.20. The highest BCUT2D eigenvalue weighted by Gasteiger charge is 2.32. The highest BCUT2D eigenvalue weighted by Crippen LogP contribution is 2.33. The molecule has 2 aliphatic rings. The topological polar surface area (TPSA) is 79.4 Å². The van der Waals surface area contributed by atoms with E-state index in [1.54, 1.807) is 0 Å². The monoisotopic (exact) mass is 413 g/mol. The van der Waals surface area contributed by atoms with Gasteiger partial charge in [-0.2, -0.15) is 4.31 Å². The zero-order valence-corrected chi connectivity index (χ0v) is 15.9. The molecule has 0 bridgehead atoms. The zero-order chi connectivity index (χ0) is 19.2. The van der Waals surface area contributed by atoms with Crippen LogP contribution in [0.5, 0.6) is 0 Å². The van der Waals surface area contributed by atoms with Crippen LogP contribution in [-0.4, -0.2) is 30.2 Å². The molecule has 2 aromatic rings. The van der Waals surface area contributed by atoms with Crippen LogP contribution in [0.1, 0.15) is 29.8 Å². The minimum Gasteiger partial charge on any atom is -0.302 e. The summed E-state index contributed by atoms with van der Waals surface area (Å²) < 4.78 is 53.5. The highest BCUT2D eigenvalue weighted by molar-refractivity contribution is 7.89. The Morgan fingerprint density at radius 3 is 2.56 bits per heavy atom. The van der Waals surface area contributed by atoms with E-state index in [1.807, 2.05) is 0 Å². The van der Waals surface area contributed by atoms with E-state index < -0.39 is 26.6 Å². The van der Waals surface area contributed by atoms with Gasteiger partial charge >= 0.3 is 0 Å². The Labute approximate surface area is 159 Å². The minimum absolute atomic E-state index is 0.0330. The van der Waals surface area contributed by atoms with Crippen LogP contribution in [0.15, 0.2) is 23.1 Å². The van der Waals surface area contributed by atoms with Crippen molar-refractivity contribution in [2.75, 3.05) is 11.9 Å². The lowest BCUT2D eigenvalue weighted by Crippen LogP contribution is -2.35. The van der Waals surface area contributed by atoms with Crippen LogP contribution in [0.2, 0.25) is 0 Å². The highest BCUT2D eigenvalue weighted by atomic mass is 32.2. The maximum atomic E-state index is 13.4. The van der Waals surface area contributed by atoms with E-state index in [2.05, 4.69) is 10.3 Å². The Hall–Kier alpha value is -1.91. The lowest BCUT2D eigenvalue weighted by molar-refractivity contribution is -0.122. The van der Waals surface area contributed by atoms with Crippen LogP contribution in [0.3, 0.4) is 0 Å². The number of hydrogen-bond acceptors (Lipinski definition) is 5. The Balaban J connectivity index is 1.53. The molecule has 0 unspecified atom stereocenters. The second kappa shape index (κ2) is 6.92. The summed E-state index contributed by atoms with van der Waals surface area (Å²) in [5.74, 6) is -1.90. The largest absolute Gasteiger partial charge is 0.302 e. The van der Waals surface area contributed by atoms with Crippen molar-refractivity contribution >= 4 is 32.4 Å². The first-order valence-electron chi connectivity index (χ1n) is 8.58. The lowest BCUT2D eigenvalue weighted by atomic mass is 9.85. The van der Waals surface area contributed by atoms with Gasteiger partial charge in [0, 0.05) is 29.8 Å². The fourth-order valence-corrected chi connectivity index (χ4v) is 5.70. The number of carbonyl (C=O) groups is 1. The van der Waals surface area contributed by atoms with Crippen molar-refractivity contribution in [3.8, 4) is 0 Å². The van der Waals surface area contributed by atoms with E-state index in [9.17, 15) is 22.0 Å². The number of anilines is 1. The number of aromatic nitrogens is 1. The molecule has 1 aliphatic carbocycles. The molecule has 0 saturated heterocycles. The third kappa shape index (κ3) is 3.61. The van der Waals surface area contributed by atoms with E-state index in [-0.39, 0.29) is 24.9 Å². The first-order valence-corrected chi connectivity index (χ1v) is 10.8. The number of fused-ring (bicyclic) bond motifs is 1. The quantitative estimate of drug-likeness (QED) is 0.836. The number of benzene rings is 1. The van der Waals surface area contributed by atoms with Crippen LogP contribution in [0.25, 0.3) is 0 Å². The standard InChI is InChI=1S/C17H17F2N3O3S2/c18-11-6-12(19)8-13(7-11)27(24,25)22-5-4-14-15(9-22)26-17(20-14)21-16(23)10-2-1-3-10/h6-8,10H,1-5,9H2,(H,20,21,23). The van der Waals surface area contributed by atoms with E-state index in [4.69, 9.17) is 0 Å². The molecule has 1 N–H and O–H groups in total. The average Bonchev–Trinajstić information content (AvgIpc) is 2.93. The van der Waals surface area contributed by atoms with Gasteiger partial charge in [-0.15, -0.1) is 11.3 Å². The van der Waals surface area contributed by atoms with Gasteiger partial charge in [-0.05, 0) is 25.0 Å². The van der Waals surface area contributed by atoms with Gasteiger partial charge in [0.1, 0.15) is 11.6 Å². The van der Waals surface area contributed by atoms with Crippen LogP contribution >= 0.6 is 11.3 Å². The first-order chi connectivity index (χ1) is 12.8. The second-order valence-corrected chi connectivity index (χ2v) is 9.72. The molecule has 1 fully saturated rings. The SMILES string of the molecule is O=C(Nc1nc2c(s1)CN(S(=O)(=O)c1cc(F)cc(F)c1)CC2)C1CCC1. The molecule has 4 rings (SSSR count). The normalized spacial score (nSPS) is 18.0. The first kappa shape index (κ1) is 18.5. The van der Waals surface area contributed by atoms with E-state index in [0.29, 0.717) is 17.6 Å². The number of nitrogens with zero attached hydrogens (tertiary/aromatic N) is 2. The van der Waals surface area contributed by atoms with Crippen molar-refractivity contribution in [1.29, 1.82) is 0 Å². The summed E-state index contributed by atoms with van der Waals surface area (Å²) in [5.41, 5.74) is 0.751. The third-order valence-corrected chi connectivity index (χ3v) is 7.70. The third-order valence-electron chi connectivity index (χ3n) is 4.88. The van der Waals surface area contributed by atoms with Crippen LogP contribution in [-0.2, 0) is 27.8 Å². The van der Waals surface area contributed by atoms with Gasteiger partial charge in [-0.25, -0.2) is 22.2 Å². The molecule has 0 radical (unpaired) electrons. The fourth-order valence-electron chi connectivity index (χ4n) is 3.14. The Morgan fingerprint density at radius 1 is 1.22 bits per heavy atom. The molecule has 6 nitrogen and oxygen atoms in total. The number of amides is 1. The lowest BCUT2D eigenvalue weighted by Gasteiger charge is -2.25. The van der Waals surface area contributed by atoms with Crippen molar-refractivity contribution in [2.45, 2.75) is 37.1 Å². The Bertz CT molecular complexity index is 983. The van der Waals surface area contributed by atoms with Gasteiger partial charge in [0.2, 0.25) is 15.9 Å². The Kier molecular flexibility index (Phi) is 4.73. The van der Waals surface area contributed by atoms with E-state index >= 15 is 0 Å². The molecule has 27 heavy (non-hydrogen) atoms. The van der Waals surface area contributed by atoms with Crippen LogP contribution < -0.4 is 5.32 Å². The van der Waals surface area contributed by atoms with Gasteiger partial charge < -0.3 is 5.32 Å². The predicted octanol–water partition coefficient (Wildman–Crippen LogP) is 2.91. The molecule has 0 atom stereocenters. The molecule has 0 spiro atoms. The Morgan fingerprint density at radius 2 is 1.93 bits per heavy atom. The van der Waals surface area contributed by atoms with Gasteiger partial charge in [0.25, 0.3) is 0 Å². The summed E-state index contributed by atoms with van der Waals surface area (Å²) in [7, 11) is -4.03. The number of hydrogen-bond donors (Lipinski definition) is 1. The van der Waals surface area contributed by atoms with E-state index in [0.717, 1.165) is 42.0 Å². The molecule has 144 valence electrons. The van der Waals surface area contributed by atoms with Gasteiger partial charge in [-0.1, -0.05) is 6.42 Å². The molecule has 1 saturated carbocycles. The fraction of sp³-hybridized carbons (Fsp3) is 0.412. The number of carbonyl (C=O) groups excluding carboxylic acids is 1. The van der Waals surface area contributed by atoms with Crippen molar-refractivity contribution in [2.24, 2.45) is 5.92 Å². The predicted molar refractivity (Wildman–Crippen MR) is 95.7 cm³/mol. The number of nitrogens with one attached hydrogen (secondary N) is 1. The van der Waals surface area contributed by atoms with Crippen LogP contribution in [0, 0.1) is 17.6 Å². The summed E-state index contributed by atoms with van der Waals surface area (Å²) in [4.78, 5) is 16.8. The maximum Gasteiger partial charge on any atom is 0.243 e. The average molecular weight is 413 g/mol.